The van der Waals surface area contributed by atoms with Gasteiger partial charge < -0.3 is 10.1 Å². The molecule has 1 saturated heterocycles. The highest BCUT2D eigenvalue weighted by molar-refractivity contribution is 7.99. The predicted octanol–water partition coefficient (Wildman–Crippen LogP) is 2.46. The molecular formula is C13H20N2OS. The fourth-order valence-electron chi connectivity index (χ4n) is 1.88. The van der Waals surface area contributed by atoms with Crippen molar-refractivity contribution in [3.8, 4) is 0 Å². The van der Waals surface area contributed by atoms with E-state index in [1.165, 1.54) is 10.6 Å². The standard InChI is InChI=1S/C13H20N2OS/c1-2-14-10-11-4-3-7-15-13(11)17-12-5-8-16-9-6-12/h3-4,7,12,14H,2,5-6,8-10H2,1H3. The lowest BCUT2D eigenvalue weighted by Crippen LogP contribution is -2.18. The molecule has 17 heavy (non-hydrogen) atoms. The van der Waals surface area contributed by atoms with Crippen molar-refractivity contribution in [2.75, 3.05) is 19.8 Å². The van der Waals surface area contributed by atoms with Gasteiger partial charge in [-0.25, -0.2) is 4.98 Å². The largest absolute Gasteiger partial charge is 0.381 e. The van der Waals surface area contributed by atoms with E-state index in [0.29, 0.717) is 5.25 Å². The van der Waals surface area contributed by atoms with Crippen LogP contribution in [0.25, 0.3) is 0 Å². The Labute approximate surface area is 107 Å². The SMILES string of the molecule is CCNCc1cccnc1SC1CCOCC1. The van der Waals surface area contributed by atoms with E-state index in [2.05, 4.69) is 23.3 Å². The van der Waals surface area contributed by atoms with Gasteiger partial charge in [-0.3, -0.25) is 0 Å². The Bertz CT molecular complexity index is 340. The summed E-state index contributed by atoms with van der Waals surface area (Å²) < 4.78 is 5.39. The summed E-state index contributed by atoms with van der Waals surface area (Å²) in [5.74, 6) is 0. The van der Waals surface area contributed by atoms with Crippen molar-refractivity contribution in [1.29, 1.82) is 0 Å². The average Bonchev–Trinajstić information content (AvgIpc) is 2.39. The normalized spacial score (nSPS) is 17.2. The second-order valence-electron chi connectivity index (χ2n) is 4.18. The second-order valence-corrected chi connectivity index (χ2v) is 5.47. The first-order chi connectivity index (χ1) is 8.40. The topological polar surface area (TPSA) is 34.2 Å². The van der Waals surface area contributed by atoms with Gasteiger partial charge in [0.05, 0.1) is 0 Å². The number of ether oxygens (including phenoxy) is 1. The summed E-state index contributed by atoms with van der Waals surface area (Å²) in [6, 6.07) is 4.18. The van der Waals surface area contributed by atoms with Crippen LogP contribution in [0.15, 0.2) is 23.4 Å². The van der Waals surface area contributed by atoms with Gasteiger partial charge in [0.15, 0.2) is 0 Å². The van der Waals surface area contributed by atoms with Crippen molar-refractivity contribution in [3.05, 3.63) is 23.9 Å². The Kier molecular flexibility index (Phi) is 5.29. The van der Waals surface area contributed by atoms with Crippen molar-refractivity contribution in [1.82, 2.24) is 10.3 Å². The Morgan fingerprint density at radius 1 is 1.47 bits per heavy atom. The van der Waals surface area contributed by atoms with E-state index in [1.54, 1.807) is 0 Å². The van der Waals surface area contributed by atoms with Crippen molar-refractivity contribution in [3.63, 3.8) is 0 Å². The summed E-state index contributed by atoms with van der Waals surface area (Å²) in [4.78, 5) is 4.51. The minimum Gasteiger partial charge on any atom is -0.381 e. The molecule has 0 radical (unpaired) electrons. The van der Waals surface area contributed by atoms with Crippen LogP contribution in [0, 0.1) is 0 Å². The number of nitrogens with zero attached hydrogens (tertiary/aromatic N) is 1. The summed E-state index contributed by atoms with van der Waals surface area (Å²) in [6.45, 7) is 5.83. The second kappa shape index (κ2) is 6.99. The minimum absolute atomic E-state index is 0.666. The average molecular weight is 252 g/mol. The molecule has 1 aliphatic heterocycles. The van der Waals surface area contributed by atoms with Gasteiger partial charge in [0.2, 0.25) is 0 Å². The van der Waals surface area contributed by atoms with Gasteiger partial charge in [-0.1, -0.05) is 13.0 Å². The van der Waals surface area contributed by atoms with E-state index in [1.807, 2.05) is 24.0 Å². The maximum Gasteiger partial charge on any atom is 0.101 e. The molecule has 1 N–H and O–H groups in total. The zero-order valence-corrected chi connectivity index (χ0v) is 11.1. The van der Waals surface area contributed by atoms with Gasteiger partial charge in [-0.05, 0) is 31.0 Å². The van der Waals surface area contributed by atoms with Crippen LogP contribution >= 0.6 is 11.8 Å². The van der Waals surface area contributed by atoms with Crippen molar-refractivity contribution < 1.29 is 4.74 Å². The molecule has 0 unspecified atom stereocenters. The van der Waals surface area contributed by atoms with E-state index in [0.717, 1.165) is 39.1 Å². The lowest BCUT2D eigenvalue weighted by molar-refractivity contribution is 0.1000. The molecule has 0 saturated carbocycles. The smallest absolute Gasteiger partial charge is 0.101 e. The number of rotatable bonds is 5. The molecule has 0 aliphatic carbocycles. The molecule has 94 valence electrons. The molecule has 0 spiro atoms. The molecule has 2 heterocycles. The molecule has 0 amide bonds. The van der Waals surface area contributed by atoms with E-state index in [9.17, 15) is 0 Å². The zero-order chi connectivity index (χ0) is 11.9. The fraction of sp³-hybridized carbons (Fsp3) is 0.615. The fourth-order valence-corrected chi connectivity index (χ4v) is 3.03. The number of hydrogen-bond acceptors (Lipinski definition) is 4. The molecular weight excluding hydrogens is 232 g/mol. The van der Waals surface area contributed by atoms with Gasteiger partial charge >= 0.3 is 0 Å². The highest BCUT2D eigenvalue weighted by Crippen LogP contribution is 2.30. The van der Waals surface area contributed by atoms with Crippen LogP contribution in [0.5, 0.6) is 0 Å². The summed E-state index contributed by atoms with van der Waals surface area (Å²) >= 11 is 1.91. The van der Waals surface area contributed by atoms with Gasteiger partial charge in [0.1, 0.15) is 5.03 Å². The van der Waals surface area contributed by atoms with Crippen molar-refractivity contribution >= 4 is 11.8 Å². The Morgan fingerprint density at radius 3 is 3.06 bits per heavy atom. The minimum atomic E-state index is 0.666. The van der Waals surface area contributed by atoms with Gasteiger partial charge in [0, 0.05) is 31.2 Å². The van der Waals surface area contributed by atoms with Gasteiger partial charge in [0.25, 0.3) is 0 Å². The Balaban J connectivity index is 1.98. The monoisotopic (exact) mass is 252 g/mol. The van der Waals surface area contributed by atoms with Crippen LogP contribution < -0.4 is 5.32 Å². The van der Waals surface area contributed by atoms with Crippen LogP contribution in [0.2, 0.25) is 0 Å². The molecule has 1 aromatic heterocycles. The third kappa shape index (κ3) is 3.98. The molecule has 4 heteroatoms. The summed E-state index contributed by atoms with van der Waals surface area (Å²) in [5.41, 5.74) is 1.31. The number of nitrogens with one attached hydrogen (secondary N) is 1. The highest BCUT2D eigenvalue weighted by atomic mass is 32.2. The summed E-state index contributed by atoms with van der Waals surface area (Å²) in [7, 11) is 0. The molecule has 1 aliphatic rings. The first kappa shape index (κ1) is 12.9. The first-order valence-corrected chi connectivity index (χ1v) is 7.17. The molecule has 1 fully saturated rings. The van der Waals surface area contributed by atoms with Crippen LogP contribution in [-0.4, -0.2) is 30.0 Å². The number of thioether (sulfide) groups is 1. The third-order valence-electron chi connectivity index (χ3n) is 2.86. The Morgan fingerprint density at radius 2 is 2.29 bits per heavy atom. The number of hydrogen-bond donors (Lipinski definition) is 1. The quantitative estimate of drug-likeness (QED) is 0.873. The Hall–Kier alpha value is -0.580. The molecule has 0 aromatic carbocycles. The first-order valence-electron chi connectivity index (χ1n) is 6.29. The highest BCUT2D eigenvalue weighted by Gasteiger charge is 2.17. The van der Waals surface area contributed by atoms with E-state index >= 15 is 0 Å². The maximum atomic E-state index is 5.39. The number of pyridine rings is 1. The molecule has 0 bridgehead atoms. The van der Waals surface area contributed by atoms with Crippen LogP contribution in [-0.2, 0) is 11.3 Å². The summed E-state index contributed by atoms with van der Waals surface area (Å²) in [6.07, 6.45) is 4.17. The van der Waals surface area contributed by atoms with Crippen LogP contribution in [0.1, 0.15) is 25.3 Å². The lowest BCUT2D eigenvalue weighted by Gasteiger charge is -2.21. The van der Waals surface area contributed by atoms with Gasteiger partial charge in [-0.2, -0.15) is 0 Å². The zero-order valence-electron chi connectivity index (χ0n) is 10.3. The van der Waals surface area contributed by atoms with E-state index in [4.69, 9.17) is 4.74 Å². The molecule has 3 nitrogen and oxygen atoms in total. The van der Waals surface area contributed by atoms with Crippen molar-refractivity contribution in [2.24, 2.45) is 0 Å². The predicted molar refractivity (Wildman–Crippen MR) is 71.3 cm³/mol. The molecule has 1 aromatic rings. The lowest BCUT2D eigenvalue weighted by atomic mass is 10.2. The van der Waals surface area contributed by atoms with Crippen molar-refractivity contribution in [2.45, 2.75) is 36.6 Å². The van der Waals surface area contributed by atoms with Crippen LogP contribution in [0.3, 0.4) is 0 Å². The van der Waals surface area contributed by atoms with Crippen LogP contribution in [0.4, 0.5) is 0 Å². The third-order valence-corrected chi connectivity index (χ3v) is 4.26. The van der Waals surface area contributed by atoms with E-state index in [-0.39, 0.29) is 0 Å². The maximum absolute atomic E-state index is 5.39. The summed E-state index contributed by atoms with van der Waals surface area (Å²) in [5, 5.41) is 5.21. The van der Waals surface area contributed by atoms with E-state index < -0.39 is 0 Å². The number of aromatic nitrogens is 1. The van der Waals surface area contributed by atoms with Gasteiger partial charge in [-0.15, -0.1) is 11.8 Å². The molecule has 2 rings (SSSR count). The molecule has 0 atom stereocenters.